The summed E-state index contributed by atoms with van der Waals surface area (Å²) < 4.78 is 0. The topological polar surface area (TPSA) is 74.6 Å². The van der Waals surface area contributed by atoms with Crippen LogP contribution in [-0.2, 0) is 9.59 Å². The molecule has 25 heavy (non-hydrogen) atoms. The third-order valence-corrected chi connectivity index (χ3v) is 4.28. The lowest BCUT2D eigenvalue weighted by Crippen LogP contribution is -1.93. The van der Waals surface area contributed by atoms with E-state index in [1.807, 2.05) is 0 Å². The molecule has 0 saturated carbocycles. The van der Waals surface area contributed by atoms with E-state index >= 15 is 0 Å². The highest BCUT2D eigenvalue weighted by molar-refractivity contribution is 5.66. The van der Waals surface area contributed by atoms with E-state index in [4.69, 9.17) is 10.2 Å². The smallest absolute Gasteiger partial charge is 0.303 e. The number of hydrogen-bond acceptors (Lipinski definition) is 2. The van der Waals surface area contributed by atoms with E-state index < -0.39 is 11.9 Å². The summed E-state index contributed by atoms with van der Waals surface area (Å²) >= 11 is 0. The first-order valence-electron chi connectivity index (χ1n) is 10.1. The molecule has 0 heterocycles. The van der Waals surface area contributed by atoms with Crippen molar-refractivity contribution in [2.24, 2.45) is 0 Å². The molecule has 0 aromatic heterocycles. The summed E-state index contributed by atoms with van der Waals surface area (Å²) in [6.07, 6.45) is 18.4. The summed E-state index contributed by atoms with van der Waals surface area (Å²) in [7, 11) is 0. The molecule has 0 atom stereocenters. The van der Waals surface area contributed by atoms with Gasteiger partial charge in [0.2, 0.25) is 0 Å². The summed E-state index contributed by atoms with van der Waals surface area (Å²) in [6.45, 7) is 6.00. The molecule has 4 heteroatoms. The van der Waals surface area contributed by atoms with E-state index in [2.05, 4.69) is 13.2 Å². The van der Waals surface area contributed by atoms with E-state index in [0.29, 0.717) is 12.8 Å². The highest BCUT2D eigenvalue weighted by Gasteiger charge is 1.98. The zero-order chi connectivity index (χ0) is 19.2. The van der Waals surface area contributed by atoms with Gasteiger partial charge in [-0.3, -0.25) is 9.59 Å². The largest absolute Gasteiger partial charge is 0.481 e. The first kappa shape index (κ1) is 25.9. The second-order valence-electron chi connectivity index (χ2n) is 6.59. The lowest BCUT2D eigenvalue weighted by Gasteiger charge is -2.03. The Morgan fingerprint density at radius 1 is 0.440 bits per heavy atom. The van der Waals surface area contributed by atoms with Crippen LogP contribution in [0.2, 0.25) is 0 Å². The molecular weight excluding hydrogens is 316 g/mol. The van der Waals surface area contributed by atoms with Crippen LogP contribution in [0.5, 0.6) is 0 Å². The van der Waals surface area contributed by atoms with E-state index in [1.165, 1.54) is 70.6 Å². The maximum atomic E-state index is 10.4. The predicted octanol–water partition coefficient (Wildman–Crippen LogP) is 6.59. The molecule has 4 nitrogen and oxygen atoms in total. The van der Waals surface area contributed by atoms with Crippen LogP contribution in [-0.4, -0.2) is 22.2 Å². The second-order valence-corrected chi connectivity index (χ2v) is 6.59. The van der Waals surface area contributed by atoms with E-state index in [9.17, 15) is 9.59 Å². The summed E-state index contributed by atoms with van der Waals surface area (Å²) in [5, 5.41) is 17.1. The quantitative estimate of drug-likeness (QED) is 0.214. The minimum Gasteiger partial charge on any atom is -0.481 e. The zero-order valence-electron chi connectivity index (χ0n) is 16.1. The van der Waals surface area contributed by atoms with Crippen LogP contribution in [0.1, 0.15) is 109 Å². The number of unbranched alkanes of at least 4 members (excludes halogenated alkanes) is 14. The number of rotatable bonds is 18. The monoisotopic (exact) mass is 356 g/mol. The highest BCUT2D eigenvalue weighted by Crippen LogP contribution is 2.14. The summed E-state index contributed by atoms with van der Waals surface area (Å²) in [5.41, 5.74) is 0. The normalized spacial score (nSPS) is 10.1. The Labute approximate surface area is 154 Å². The van der Waals surface area contributed by atoms with Crippen molar-refractivity contribution < 1.29 is 19.8 Å². The van der Waals surface area contributed by atoms with Crippen LogP contribution >= 0.6 is 0 Å². The lowest BCUT2D eigenvalue weighted by atomic mass is 10.0. The van der Waals surface area contributed by atoms with Crippen LogP contribution in [0.25, 0.3) is 0 Å². The average molecular weight is 357 g/mol. The molecule has 0 unspecified atom stereocenters. The summed E-state index contributed by atoms with van der Waals surface area (Å²) in [5.74, 6) is -1.35. The van der Waals surface area contributed by atoms with E-state index in [1.54, 1.807) is 0 Å². The van der Waals surface area contributed by atoms with Crippen molar-refractivity contribution in [2.75, 3.05) is 0 Å². The summed E-state index contributed by atoms with van der Waals surface area (Å²) in [6, 6.07) is 0. The van der Waals surface area contributed by atoms with Crippen molar-refractivity contribution >= 4 is 11.9 Å². The van der Waals surface area contributed by atoms with Gasteiger partial charge in [-0.05, 0) is 12.8 Å². The number of carboxylic acid groups (broad SMARTS) is 2. The standard InChI is InChI=1S/C19H36O4.C2H4/c20-18(21)16-14-12-10-8-6-4-2-1-3-5-7-9-11-13-15-17-19(22)23;1-2/h1-17H2,(H,20,21)(H,22,23);1-2H2. The average Bonchev–Trinajstić information content (AvgIpc) is 2.59. The van der Waals surface area contributed by atoms with Gasteiger partial charge in [0.1, 0.15) is 0 Å². The molecule has 0 bridgehead atoms. The molecule has 0 saturated heterocycles. The van der Waals surface area contributed by atoms with Crippen LogP contribution in [0.3, 0.4) is 0 Å². The van der Waals surface area contributed by atoms with Crippen LogP contribution in [0, 0.1) is 0 Å². The second kappa shape index (κ2) is 22.7. The van der Waals surface area contributed by atoms with Crippen molar-refractivity contribution in [1.82, 2.24) is 0 Å². The Kier molecular flexibility index (Phi) is 23.5. The maximum Gasteiger partial charge on any atom is 0.303 e. The lowest BCUT2D eigenvalue weighted by molar-refractivity contribution is -0.138. The molecule has 0 radical (unpaired) electrons. The van der Waals surface area contributed by atoms with Gasteiger partial charge in [0.05, 0.1) is 0 Å². The Bertz CT molecular complexity index is 274. The minimum atomic E-state index is -0.676. The van der Waals surface area contributed by atoms with Crippen molar-refractivity contribution in [1.29, 1.82) is 0 Å². The van der Waals surface area contributed by atoms with Gasteiger partial charge >= 0.3 is 11.9 Å². The molecule has 0 fully saturated rings. The van der Waals surface area contributed by atoms with Gasteiger partial charge in [0.15, 0.2) is 0 Å². The molecule has 0 aromatic carbocycles. The fourth-order valence-corrected chi connectivity index (χ4v) is 2.85. The maximum absolute atomic E-state index is 10.4. The van der Waals surface area contributed by atoms with E-state index in [0.717, 1.165) is 25.7 Å². The third kappa shape index (κ3) is 27.8. The number of aliphatic carboxylic acids is 2. The van der Waals surface area contributed by atoms with Crippen LogP contribution < -0.4 is 0 Å². The molecule has 148 valence electrons. The van der Waals surface area contributed by atoms with Crippen molar-refractivity contribution in [3.05, 3.63) is 13.2 Å². The fraction of sp³-hybridized carbons (Fsp3) is 0.810. The first-order chi connectivity index (χ1) is 12.1. The fourth-order valence-electron chi connectivity index (χ4n) is 2.85. The third-order valence-electron chi connectivity index (χ3n) is 4.28. The predicted molar refractivity (Wildman–Crippen MR) is 105 cm³/mol. The molecule has 0 amide bonds. The van der Waals surface area contributed by atoms with Crippen LogP contribution in [0.4, 0.5) is 0 Å². The van der Waals surface area contributed by atoms with Crippen LogP contribution in [0.15, 0.2) is 13.2 Å². The Hall–Kier alpha value is -1.32. The molecule has 0 aliphatic rings. The molecule has 0 rings (SSSR count). The molecule has 0 aliphatic carbocycles. The van der Waals surface area contributed by atoms with Gasteiger partial charge < -0.3 is 10.2 Å². The first-order valence-corrected chi connectivity index (χ1v) is 10.1. The molecule has 0 spiro atoms. The SMILES string of the molecule is C=C.O=C(O)CCCCCCCCCCCCCCCCCC(=O)O. The number of hydrogen-bond donors (Lipinski definition) is 2. The van der Waals surface area contributed by atoms with Crippen molar-refractivity contribution in [3.63, 3.8) is 0 Å². The van der Waals surface area contributed by atoms with Gasteiger partial charge in [0.25, 0.3) is 0 Å². The van der Waals surface area contributed by atoms with Gasteiger partial charge in [-0.15, -0.1) is 13.2 Å². The van der Waals surface area contributed by atoms with Gasteiger partial charge in [-0.25, -0.2) is 0 Å². The Morgan fingerprint density at radius 3 is 0.760 bits per heavy atom. The van der Waals surface area contributed by atoms with Crippen molar-refractivity contribution in [2.45, 2.75) is 109 Å². The summed E-state index contributed by atoms with van der Waals surface area (Å²) in [4.78, 5) is 20.7. The van der Waals surface area contributed by atoms with Crippen molar-refractivity contribution in [3.8, 4) is 0 Å². The van der Waals surface area contributed by atoms with Gasteiger partial charge in [0, 0.05) is 12.8 Å². The zero-order valence-corrected chi connectivity index (χ0v) is 16.1. The molecule has 0 aromatic rings. The van der Waals surface area contributed by atoms with Gasteiger partial charge in [-0.2, -0.15) is 0 Å². The molecular formula is C21H40O4. The Balaban J connectivity index is 0. The highest BCUT2D eigenvalue weighted by atomic mass is 16.4. The Morgan fingerprint density at radius 2 is 0.600 bits per heavy atom. The number of carbonyl (C=O) groups is 2. The minimum absolute atomic E-state index is 0.319. The van der Waals surface area contributed by atoms with E-state index in [-0.39, 0.29) is 0 Å². The molecule has 2 N–H and O–H groups in total. The number of carboxylic acids is 2. The van der Waals surface area contributed by atoms with Gasteiger partial charge in [-0.1, -0.05) is 83.5 Å². The molecule has 0 aliphatic heterocycles.